The number of nitrogens with one attached hydrogen (secondary N) is 1. The van der Waals surface area contributed by atoms with Crippen molar-refractivity contribution in [2.45, 2.75) is 0 Å². The third-order valence-electron chi connectivity index (χ3n) is 1.30. The van der Waals surface area contributed by atoms with Crippen LogP contribution in [0.3, 0.4) is 0 Å². The Kier molecular flexibility index (Phi) is 3.11. The summed E-state index contributed by atoms with van der Waals surface area (Å²) >= 11 is 0. The molecule has 2 rings (SSSR count). The minimum Gasteiger partial charge on any atom is -0.418 e. The highest BCUT2D eigenvalue weighted by molar-refractivity contribution is 6.50. The molecule has 2 aromatic rings. The second-order valence-electron chi connectivity index (χ2n) is 2.40. The number of aromatic amines is 1. The van der Waals surface area contributed by atoms with Gasteiger partial charge in [-0.05, 0) is 17.3 Å². The molecule has 0 aliphatic carbocycles. The first-order valence-electron chi connectivity index (χ1n) is 3.69. The summed E-state index contributed by atoms with van der Waals surface area (Å²) in [5.41, 5.74) is 0.900. The van der Waals surface area contributed by atoms with Crippen molar-refractivity contribution in [1.82, 2.24) is 0 Å². The molecule has 0 radical (unpaired) electrons. The Morgan fingerprint density at radius 2 is 1.64 bits per heavy atom. The van der Waals surface area contributed by atoms with Crippen molar-refractivity contribution in [3.05, 3.63) is 30.5 Å². The van der Waals surface area contributed by atoms with E-state index in [4.69, 9.17) is 4.52 Å². The number of benzene rings is 1. The molecular weight excluding hydrogens is 201 g/mol. The zero-order valence-electron chi connectivity index (χ0n) is 6.88. The SMILES string of the molecule is F[B-](F)(F)F.c1ccc2o[nH+]cc2c1. The minimum atomic E-state index is -6.00. The van der Waals surface area contributed by atoms with Gasteiger partial charge >= 0.3 is 7.25 Å². The maximum atomic E-state index is 9.75. The molecule has 0 aliphatic heterocycles. The highest BCUT2D eigenvalue weighted by atomic mass is 19.5. The van der Waals surface area contributed by atoms with E-state index in [1.54, 1.807) is 0 Å². The van der Waals surface area contributed by atoms with Crippen molar-refractivity contribution in [2.24, 2.45) is 0 Å². The predicted octanol–water partition coefficient (Wildman–Crippen LogP) is 2.55. The predicted molar refractivity (Wildman–Crippen MR) is 43.0 cm³/mol. The number of hydrogen-bond acceptors (Lipinski definition) is 1. The molecular formula is C7H6BF4NO. The van der Waals surface area contributed by atoms with E-state index in [1.165, 1.54) is 0 Å². The number of aromatic nitrogens is 1. The van der Waals surface area contributed by atoms with Gasteiger partial charge in [0.15, 0.2) is 0 Å². The summed E-state index contributed by atoms with van der Waals surface area (Å²) in [6.45, 7) is 0. The van der Waals surface area contributed by atoms with Crippen molar-refractivity contribution in [2.75, 3.05) is 0 Å². The first-order valence-corrected chi connectivity index (χ1v) is 3.69. The molecule has 0 amide bonds. The van der Waals surface area contributed by atoms with Gasteiger partial charge in [0.2, 0.25) is 11.8 Å². The van der Waals surface area contributed by atoms with E-state index in [0.717, 1.165) is 11.0 Å². The summed E-state index contributed by atoms with van der Waals surface area (Å²) in [7, 11) is -6.00. The van der Waals surface area contributed by atoms with E-state index >= 15 is 0 Å². The molecule has 0 bridgehead atoms. The lowest BCUT2D eigenvalue weighted by Gasteiger charge is -1.94. The zero-order chi connectivity index (χ0) is 10.6. The number of H-pyrrole nitrogens is 1. The van der Waals surface area contributed by atoms with Crippen LogP contribution in [0.1, 0.15) is 0 Å². The van der Waals surface area contributed by atoms with E-state index in [1.807, 2.05) is 30.5 Å². The third kappa shape index (κ3) is 3.93. The Hall–Kier alpha value is -1.53. The molecule has 0 unspecified atom stereocenters. The summed E-state index contributed by atoms with van der Waals surface area (Å²) in [5.74, 6) is 0. The fourth-order valence-electron chi connectivity index (χ4n) is 0.849. The Bertz CT molecular complexity index is 363. The van der Waals surface area contributed by atoms with Crippen molar-refractivity contribution < 1.29 is 26.9 Å². The Labute approximate surface area is 76.6 Å². The van der Waals surface area contributed by atoms with Gasteiger partial charge in [-0.15, -0.1) is 0 Å². The molecule has 7 heteroatoms. The van der Waals surface area contributed by atoms with Crippen LogP contribution in [0.15, 0.2) is 35.0 Å². The fourth-order valence-corrected chi connectivity index (χ4v) is 0.849. The lowest BCUT2D eigenvalue weighted by atomic mass is 10.3. The van der Waals surface area contributed by atoms with Crippen LogP contribution >= 0.6 is 0 Å². The Morgan fingerprint density at radius 3 is 2.21 bits per heavy atom. The second kappa shape index (κ2) is 4.12. The van der Waals surface area contributed by atoms with Crippen molar-refractivity contribution in [3.8, 4) is 0 Å². The summed E-state index contributed by atoms with van der Waals surface area (Å²) in [4.78, 5) is 0. The quantitative estimate of drug-likeness (QED) is 0.481. The van der Waals surface area contributed by atoms with Crippen LogP contribution in [0.4, 0.5) is 17.3 Å². The molecule has 1 aromatic carbocycles. The molecule has 0 fully saturated rings. The number of hydrogen-bond donors (Lipinski definition) is 0. The van der Waals surface area contributed by atoms with Crippen molar-refractivity contribution in [1.29, 1.82) is 0 Å². The van der Waals surface area contributed by atoms with Gasteiger partial charge in [0.25, 0.3) is 0 Å². The van der Waals surface area contributed by atoms with E-state index in [0.29, 0.717) is 0 Å². The van der Waals surface area contributed by atoms with Gasteiger partial charge in [0, 0.05) is 0 Å². The summed E-state index contributed by atoms with van der Waals surface area (Å²) in [5, 5.41) is 3.77. The first-order chi connectivity index (χ1) is 6.47. The molecule has 1 heterocycles. The average molecular weight is 207 g/mol. The molecule has 1 aromatic heterocycles. The topological polar surface area (TPSA) is 27.3 Å². The third-order valence-corrected chi connectivity index (χ3v) is 1.30. The molecule has 0 spiro atoms. The Balaban J connectivity index is 0.000000171. The fraction of sp³-hybridized carbons (Fsp3) is 0. The molecule has 0 aliphatic rings. The van der Waals surface area contributed by atoms with Gasteiger partial charge in [-0.2, -0.15) is 0 Å². The highest BCUT2D eigenvalue weighted by Gasteiger charge is 2.20. The maximum absolute atomic E-state index is 9.75. The molecule has 1 N–H and O–H groups in total. The molecule has 0 saturated heterocycles. The van der Waals surface area contributed by atoms with Gasteiger partial charge in [0.1, 0.15) is 0 Å². The van der Waals surface area contributed by atoms with Crippen molar-refractivity contribution in [3.63, 3.8) is 0 Å². The van der Waals surface area contributed by atoms with Crippen molar-refractivity contribution >= 4 is 18.2 Å². The minimum absolute atomic E-state index is 0.900. The van der Waals surface area contributed by atoms with Crippen LogP contribution in [-0.2, 0) is 0 Å². The summed E-state index contributed by atoms with van der Waals surface area (Å²) in [6.07, 6.45) is 1.83. The molecule has 76 valence electrons. The number of rotatable bonds is 0. The van der Waals surface area contributed by atoms with Gasteiger partial charge in [-0.25, -0.2) is 4.52 Å². The lowest BCUT2D eigenvalue weighted by Crippen LogP contribution is -2.02. The zero-order valence-corrected chi connectivity index (χ0v) is 6.88. The van der Waals surface area contributed by atoms with Gasteiger partial charge in [0.05, 0.1) is 5.39 Å². The van der Waals surface area contributed by atoms with Crippen LogP contribution in [0, 0.1) is 0 Å². The maximum Gasteiger partial charge on any atom is 0.673 e. The first kappa shape index (κ1) is 10.6. The van der Waals surface area contributed by atoms with Crippen LogP contribution < -0.4 is 5.16 Å². The van der Waals surface area contributed by atoms with E-state index in [9.17, 15) is 17.3 Å². The van der Waals surface area contributed by atoms with Crippen LogP contribution in [0.5, 0.6) is 0 Å². The normalized spacial score (nSPS) is 10.9. The average Bonchev–Trinajstić information content (AvgIpc) is 2.47. The highest BCUT2D eigenvalue weighted by Crippen LogP contribution is 2.08. The van der Waals surface area contributed by atoms with Crippen LogP contribution in [0.25, 0.3) is 11.0 Å². The van der Waals surface area contributed by atoms with Crippen LogP contribution in [-0.4, -0.2) is 7.25 Å². The van der Waals surface area contributed by atoms with Crippen LogP contribution in [0.2, 0.25) is 0 Å². The summed E-state index contributed by atoms with van der Waals surface area (Å²) < 4.78 is 44.0. The van der Waals surface area contributed by atoms with E-state index in [2.05, 4.69) is 5.16 Å². The van der Waals surface area contributed by atoms with Gasteiger partial charge < -0.3 is 17.3 Å². The molecule has 14 heavy (non-hydrogen) atoms. The molecule has 0 atom stereocenters. The van der Waals surface area contributed by atoms with Gasteiger partial charge in [-0.1, -0.05) is 12.1 Å². The monoisotopic (exact) mass is 207 g/mol. The Morgan fingerprint density at radius 1 is 1.07 bits per heavy atom. The van der Waals surface area contributed by atoms with Gasteiger partial charge in [-0.3, -0.25) is 0 Å². The lowest BCUT2D eigenvalue weighted by molar-refractivity contribution is -0.602. The number of halogens is 4. The molecule has 2 nitrogen and oxygen atoms in total. The number of fused-ring (bicyclic) bond motifs is 1. The smallest absolute Gasteiger partial charge is 0.418 e. The molecule has 0 saturated carbocycles. The number of para-hydroxylation sites is 1. The van der Waals surface area contributed by atoms with E-state index < -0.39 is 7.25 Å². The largest absolute Gasteiger partial charge is 0.673 e. The standard InChI is InChI=1S/C7H5NO.BF4/c1-2-4-7-6(3-1)5-8-9-7;2-1(3,4)5/h1-5H;/q;-1/p+1. The second-order valence-corrected chi connectivity index (χ2v) is 2.40. The summed E-state index contributed by atoms with van der Waals surface area (Å²) in [6, 6.07) is 7.84. The van der Waals surface area contributed by atoms with E-state index in [-0.39, 0.29) is 0 Å².